The molecule has 0 saturated heterocycles. The lowest BCUT2D eigenvalue weighted by molar-refractivity contribution is 0.110. The molecule has 0 atom stereocenters. The molecular weight excluding hydrogens is 244 g/mol. The smallest absolute Gasteiger partial charge is 0.103 e. The monoisotopic (exact) mass is 266 g/mol. The van der Waals surface area contributed by atoms with Crippen molar-refractivity contribution in [3.8, 4) is 0 Å². The summed E-state index contributed by atoms with van der Waals surface area (Å²) in [6.45, 7) is 6.85. The predicted octanol–water partition coefficient (Wildman–Crippen LogP) is 2.80. The van der Waals surface area contributed by atoms with Crippen LogP contribution in [0.25, 0.3) is 0 Å². The second-order valence-electron chi connectivity index (χ2n) is 4.69. The van der Waals surface area contributed by atoms with Gasteiger partial charge in [0.25, 0.3) is 0 Å². The summed E-state index contributed by atoms with van der Waals surface area (Å²) in [4.78, 5) is 0.434. The van der Waals surface area contributed by atoms with Crippen LogP contribution in [0.15, 0.2) is 24.3 Å². The van der Waals surface area contributed by atoms with E-state index < -0.39 is 0 Å². The predicted molar refractivity (Wildman–Crippen MR) is 81.1 cm³/mol. The molecule has 0 fully saturated rings. The number of thiocarbonyl (C=S) groups is 1. The van der Waals surface area contributed by atoms with Gasteiger partial charge in [-0.3, -0.25) is 0 Å². The summed E-state index contributed by atoms with van der Waals surface area (Å²) in [6.07, 6.45) is 1.00. The van der Waals surface area contributed by atoms with Crippen molar-refractivity contribution >= 4 is 22.9 Å². The minimum atomic E-state index is 0.434. The van der Waals surface area contributed by atoms with E-state index in [1.807, 2.05) is 24.3 Å². The molecule has 0 bridgehead atoms. The third-order valence-electron chi connectivity index (χ3n) is 2.42. The topological polar surface area (TPSA) is 47.3 Å². The number of anilines is 1. The van der Waals surface area contributed by atoms with E-state index in [0.29, 0.717) is 10.9 Å². The Hall–Kier alpha value is -1.13. The first-order valence-electron chi connectivity index (χ1n) is 6.31. The molecule has 0 aromatic heterocycles. The van der Waals surface area contributed by atoms with E-state index in [-0.39, 0.29) is 0 Å². The molecule has 0 radical (unpaired) electrons. The van der Waals surface area contributed by atoms with Gasteiger partial charge in [-0.15, -0.1) is 0 Å². The highest BCUT2D eigenvalue weighted by Crippen LogP contribution is 2.09. The van der Waals surface area contributed by atoms with Gasteiger partial charge in [-0.25, -0.2) is 0 Å². The van der Waals surface area contributed by atoms with Crippen LogP contribution in [0.3, 0.4) is 0 Å². The van der Waals surface area contributed by atoms with Crippen LogP contribution in [0, 0.1) is 5.92 Å². The van der Waals surface area contributed by atoms with Gasteiger partial charge in [-0.05, 0) is 36.6 Å². The fourth-order valence-corrected chi connectivity index (χ4v) is 1.61. The highest BCUT2D eigenvalue weighted by molar-refractivity contribution is 7.80. The first kappa shape index (κ1) is 14.9. The maximum atomic E-state index is 5.54. The lowest BCUT2D eigenvalue weighted by Gasteiger charge is -2.09. The molecule has 1 aromatic carbocycles. The lowest BCUT2D eigenvalue weighted by Crippen LogP contribution is -2.10. The van der Waals surface area contributed by atoms with Gasteiger partial charge in [-0.2, -0.15) is 0 Å². The van der Waals surface area contributed by atoms with Gasteiger partial charge in [0.15, 0.2) is 0 Å². The molecule has 0 saturated carbocycles. The second-order valence-corrected chi connectivity index (χ2v) is 5.13. The fraction of sp³-hybridized carbons (Fsp3) is 0.500. The Morgan fingerprint density at radius 1 is 1.33 bits per heavy atom. The molecule has 3 N–H and O–H groups in total. The van der Waals surface area contributed by atoms with E-state index >= 15 is 0 Å². The Labute approximate surface area is 115 Å². The van der Waals surface area contributed by atoms with E-state index in [2.05, 4.69) is 19.2 Å². The minimum Gasteiger partial charge on any atom is -0.389 e. The van der Waals surface area contributed by atoms with Crippen LogP contribution in [-0.2, 0) is 4.74 Å². The summed E-state index contributed by atoms with van der Waals surface area (Å²) >= 11 is 4.90. The quantitative estimate of drug-likeness (QED) is 0.561. The summed E-state index contributed by atoms with van der Waals surface area (Å²) in [5.41, 5.74) is 7.52. The Morgan fingerprint density at radius 2 is 2.00 bits per heavy atom. The third-order valence-corrected chi connectivity index (χ3v) is 2.65. The van der Waals surface area contributed by atoms with Crippen LogP contribution in [0.4, 0.5) is 5.69 Å². The lowest BCUT2D eigenvalue weighted by atomic mass is 10.2. The van der Waals surface area contributed by atoms with Crippen molar-refractivity contribution in [2.24, 2.45) is 11.7 Å². The minimum absolute atomic E-state index is 0.434. The Morgan fingerprint density at radius 3 is 2.56 bits per heavy atom. The first-order chi connectivity index (χ1) is 8.59. The van der Waals surface area contributed by atoms with Gasteiger partial charge in [-0.1, -0.05) is 26.1 Å². The Balaban J connectivity index is 2.17. The van der Waals surface area contributed by atoms with E-state index in [9.17, 15) is 0 Å². The largest absolute Gasteiger partial charge is 0.389 e. The van der Waals surface area contributed by atoms with Crippen LogP contribution in [0.5, 0.6) is 0 Å². The van der Waals surface area contributed by atoms with Crippen molar-refractivity contribution in [2.45, 2.75) is 20.3 Å². The summed E-state index contributed by atoms with van der Waals surface area (Å²) in [6, 6.07) is 7.84. The average molecular weight is 266 g/mol. The van der Waals surface area contributed by atoms with Crippen LogP contribution in [0.2, 0.25) is 0 Å². The molecule has 1 aromatic rings. The van der Waals surface area contributed by atoms with Crippen LogP contribution in [0.1, 0.15) is 25.8 Å². The molecule has 18 heavy (non-hydrogen) atoms. The molecule has 0 heterocycles. The zero-order chi connectivity index (χ0) is 13.4. The number of hydrogen-bond acceptors (Lipinski definition) is 3. The first-order valence-corrected chi connectivity index (χ1v) is 6.72. The van der Waals surface area contributed by atoms with Gasteiger partial charge in [0.1, 0.15) is 4.99 Å². The molecule has 100 valence electrons. The molecule has 0 unspecified atom stereocenters. The molecular formula is C14H22N2OS. The SMILES string of the molecule is CC(C)COCCCNc1ccc(C(N)=S)cc1. The van der Waals surface area contributed by atoms with E-state index in [0.717, 1.165) is 37.4 Å². The maximum absolute atomic E-state index is 5.54. The van der Waals surface area contributed by atoms with Gasteiger partial charge < -0.3 is 15.8 Å². The number of nitrogens with two attached hydrogens (primary N) is 1. The number of ether oxygens (including phenoxy) is 1. The number of hydrogen-bond donors (Lipinski definition) is 2. The zero-order valence-electron chi connectivity index (χ0n) is 11.1. The number of benzene rings is 1. The number of rotatable bonds is 8. The van der Waals surface area contributed by atoms with Crippen molar-refractivity contribution < 1.29 is 4.74 Å². The van der Waals surface area contributed by atoms with Gasteiger partial charge in [0.2, 0.25) is 0 Å². The zero-order valence-corrected chi connectivity index (χ0v) is 11.9. The molecule has 0 aliphatic carbocycles. The van der Waals surface area contributed by atoms with Crippen molar-refractivity contribution in [1.82, 2.24) is 0 Å². The van der Waals surface area contributed by atoms with E-state index in [1.165, 1.54) is 0 Å². The van der Waals surface area contributed by atoms with E-state index in [4.69, 9.17) is 22.7 Å². The van der Waals surface area contributed by atoms with E-state index in [1.54, 1.807) is 0 Å². The summed E-state index contributed by atoms with van der Waals surface area (Å²) in [5, 5.41) is 3.33. The van der Waals surface area contributed by atoms with Crippen molar-refractivity contribution in [1.29, 1.82) is 0 Å². The second kappa shape index (κ2) is 8.06. The van der Waals surface area contributed by atoms with Crippen molar-refractivity contribution in [3.63, 3.8) is 0 Å². The van der Waals surface area contributed by atoms with Gasteiger partial charge in [0.05, 0.1) is 0 Å². The van der Waals surface area contributed by atoms with Crippen molar-refractivity contribution in [2.75, 3.05) is 25.1 Å². The molecule has 0 amide bonds. The highest BCUT2D eigenvalue weighted by Gasteiger charge is 1.97. The van der Waals surface area contributed by atoms with Gasteiger partial charge >= 0.3 is 0 Å². The standard InChI is InChI=1S/C14H22N2OS/c1-11(2)10-17-9-3-8-16-13-6-4-12(5-7-13)14(15)18/h4-7,11,16H,3,8-10H2,1-2H3,(H2,15,18). The molecule has 4 heteroatoms. The van der Waals surface area contributed by atoms with Gasteiger partial charge in [0, 0.05) is 31.0 Å². The molecule has 0 aliphatic rings. The normalized spacial score (nSPS) is 10.6. The summed E-state index contributed by atoms with van der Waals surface area (Å²) in [7, 11) is 0. The summed E-state index contributed by atoms with van der Waals surface area (Å²) < 4.78 is 5.51. The van der Waals surface area contributed by atoms with Crippen LogP contribution < -0.4 is 11.1 Å². The summed E-state index contributed by atoms with van der Waals surface area (Å²) in [5.74, 6) is 0.602. The van der Waals surface area contributed by atoms with Crippen molar-refractivity contribution in [3.05, 3.63) is 29.8 Å². The molecule has 0 spiro atoms. The maximum Gasteiger partial charge on any atom is 0.103 e. The third kappa shape index (κ3) is 5.98. The average Bonchev–Trinajstić information content (AvgIpc) is 2.34. The van der Waals surface area contributed by atoms with Crippen LogP contribution >= 0.6 is 12.2 Å². The Bertz CT molecular complexity index is 363. The number of nitrogens with one attached hydrogen (secondary N) is 1. The fourth-order valence-electron chi connectivity index (χ4n) is 1.48. The Kier molecular flexibility index (Phi) is 6.68. The van der Waals surface area contributed by atoms with Crippen LogP contribution in [-0.4, -0.2) is 24.7 Å². The molecule has 0 aliphatic heterocycles. The molecule has 3 nitrogen and oxygen atoms in total. The highest BCUT2D eigenvalue weighted by atomic mass is 32.1. The molecule has 1 rings (SSSR count).